The quantitative estimate of drug-likeness (QED) is 0.840. The summed E-state index contributed by atoms with van der Waals surface area (Å²) >= 11 is 5.06. The second kappa shape index (κ2) is 6.41. The summed E-state index contributed by atoms with van der Waals surface area (Å²) in [4.78, 5) is 15.8. The van der Waals surface area contributed by atoms with Crippen LogP contribution in [0.3, 0.4) is 0 Å². The van der Waals surface area contributed by atoms with E-state index in [0.717, 1.165) is 0 Å². The minimum atomic E-state index is -0.00687. The highest BCUT2D eigenvalue weighted by Crippen LogP contribution is 2.26. The Morgan fingerprint density at radius 1 is 1.35 bits per heavy atom. The molecule has 0 fully saturated rings. The lowest BCUT2D eigenvalue weighted by molar-refractivity contribution is 0.0691. The first-order valence-corrected chi connectivity index (χ1v) is 8.05. The van der Waals surface area contributed by atoms with Gasteiger partial charge in [-0.05, 0) is 53.4 Å². The number of nitrogen functional groups attached to an aromatic ring is 1. The van der Waals surface area contributed by atoms with Crippen molar-refractivity contribution in [2.24, 2.45) is 0 Å². The van der Waals surface area contributed by atoms with Crippen LogP contribution in [0.15, 0.2) is 40.2 Å². The van der Waals surface area contributed by atoms with Crippen molar-refractivity contribution in [1.82, 2.24) is 4.90 Å². The number of hydrogen-bond acceptors (Lipinski definition) is 3. The molecule has 0 saturated heterocycles. The molecule has 0 unspecified atom stereocenters. The van der Waals surface area contributed by atoms with Crippen molar-refractivity contribution in [3.63, 3.8) is 0 Å². The molecule has 0 aliphatic rings. The van der Waals surface area contributed by atoms with Gasteiger partial charge < -0.3 is 10.6 Å². The summed E-state index contributed by atoms with van der Waals surface area (Å²) in [5.74, 6) is -0.00687. The van der Waals surface area contributed by atoms with Crippen molar-refractivity contribution in [2.75, 3.05) is 5.73 Å². The molecule has 0 spiro atoms. The average molecular weight is 353 g/mol. The number of hydrogen-bond donors (Lipinski definition) is 1. The largest absolute Gasteiger partial charge is 0.398 e. The number of nitrogens with zero attached hydrogens (tertiary/aromatic N) is 1. The lowest BCUT2D eigenvalue weighted by Gasteiger charge is -2.27. The zero-order valence-electron chi connectivity index (χ0n) is 11.5. The highest BCUT2D eigenvalue weighted by atomic mass is 79.9. The maximum atomic E-state index is 12.7. The van der Waals surface area contributed by atoms with E-state index >= 15 is 0 Å². The fourth-order valence-corrected chi connectivity index (χ4v) is 3.07. The monoisotopic (exact) mass is 352 g/mol. The third kappa shape index (κ3) is 3.22. The number of carbonyl (C=O) groups excluding carboxylic acids is 1. The van der Waals surface area contributed by atoms with Gasteiger partial charge in [0.1, 0.15) is 0 Å². The Bertz CT molecular complexity index is 596. The summed E-state index contributed by atoms with van der Waals surface area (Å²) in [6.07, 6.45) is 0. The van der Waals surface area contributed by atoms with Gasteiger partial charge in [-0.15, -0.1) is 11.3 Å². The van der Waals surface area contributed by atoms with E-state index in [1.807, 2.05) is 36.3 Å². The summed E-state index contributed by atoms with van der Waals surface area (Å²) < 4.78 is 0.668. The Labute approximate surface area is 131 Å². The first-order chi connectivity index (χ1) is 9.50. The second-order valence-electron chi connectivity index (χ2n) is 4.81. The van der Waals surface area contributed by atoms with E-state index in [1.54, 1.807) is 29.5 Å². The molecule has 2 N–H and O–H groups in total. The van der Waals surface area contributed by atoms with Gasteiger partial charge in [0.05, 0.1) is 16.6 Å². The number of carbonyl (C=O) groups is 1. The van der Waals surface area contributed by atoms with Gasteiger partial charge in [0.25, 0.3) is 5.91 Å². The van der Waals surface area contributed by atoms with Crippen molar-refractivity contribution in [2.45, 2.75) is 26.4 Å². The molecule has 0 atom stereocenters. The van der Waals surface area contributed by atoms with E-state index in [1.165, 1.54) is 4.88 Å². The molecule has 0 aliphatic carbocycles. The van der Waals surface area contributed by atoms with Crippen molar-refractivity contribution < 1.29 is 4.79 Å². The van der Waals surface area contributed by atoms with Gasteiger partial charge in [-0.3, -0.25) is 4.79 Å². The molecule has 1 aromatic heterocycles. The van der Waals surface area contributed by atoms with Gasteiger partial charge in [0, 0.05) is 16.6 Å². The van der Waals surface area contributed by atoms with E-state index in [-0.39, 0.29) is 11.9 Å². The lowest BCUT2D eigenvalue weighted by atomic mass is 10.1. The van der Waals surface area contributed by atoms with E-state index in [4.69, 9.17) is 5.73 Å². The number of rotatable bonds is 4. The molecule has 3 nitrogen and oxygen atoms in total. The molecule has 0 aliphatic heterocycles. The number of thiophene rings is 1. The number of nitrogens with two attached hydrogens (primary N) is 1. The number of benzene rings is 1. The fraction of sp³-hybridized carbons (Fsp3) is 0.267. The average Bonchev–Trinajstić information content (AvgIpc) is 2.91. The summed E-state index contributed by atoms with van der Waals surface area (Å²) in [7, 11) is 0. The summed E-state index contributed by atoms with van der Waals surface area (Å²) in [5, 5.41) is 2.02. The summed E-state index contributed by atoms with van der Waals surface area (Å²) in [5.41, 5.74) is 7.04. The van der Waals surface area contributed by atoms with Crippen LogP contribution in [0.5, 0.6) is 0 Å². The van der Waals surface area contributed by atoms with Gasteiger partial charge >= 0.3 is 0 Å². The molecule has 0 saturated carbocycles. The molecule has 0 bridgehead atoms. The second-order valence-corrected chi connectivity index (χ2v) is 6.64. The Balaban J connectivity index is 2.29. The highest BCUT2D eigenvalue weighted by molar-refractivity contribution is 9.10. The molecule has 20 heavy (non-hydrogen) atoms. The highest BCUT2D eigenvalue weighted by Gasteiger charge is 2.22. The van der Waals surface area contributed by atoms with Crippen LogP contribution in [0.1, 0.15) is 29.1 Å². The van der Waals surface area contributed by atoms with Crippen LogP contribution in [0.2, 0.25) is 0 Å². The molecular weight excluding hydrogens is 336 g/mol. The van der Waals surface area contributed by atoms with Crippen LogP contribution >= 0.6 is 27.3 Å². The van der Waals surface area contributed by atoms with Gasteiger partial charge in [-0.2, -0.15) is 0 Å². The number of anilines is 1. The van der Waals surface area contributed by atoms with Gasteiger partial charge in [0.15, 0.2) is 0 Å². The van der Waals surface area contributed by atoms with Crippen molar-refractivity contribution >= 4 is 38.9 Å². The van der Waals surface area contributed by atoms with Crippen LogP contribution in [-0.4, -0.2) is 16.8 Å². The smallest absolute Gasteiger partial charge is 0.255 e. The molecule has 1 aromatic carbocycles. The molecule has 2 aromatic rings. The first kappa shape index (κ1) is 15.1. The molecule has 2 rings (SSSR count). The van der Waals surface area contributed by atoms with E-state index in [9.17, 15) is 4.79 Å². The van der Waals surface area contributed by atoms with Crippen LogP contribution in [0.25, 0.3) is 0 Å². The molecule has 1 amide bonds. The topological polar surface area (TPSA) is 46.3 Å². The van der Waals surface area contributed by atoms with Crippen LogP contribution < -0.4 is 5.73 Å². The molecule has 1 heterocycles. The van der Waals surface area contributed by atoms with E-state index in [2.05, 4.69) is 15.9 Å². The third-order valence-electron chi connectivity index (χ3n) is 3.05. The SMILES string of the molecule is CC(C)N(Cc1cccs1)C(=O)c1cccc(N)c1Br. The normalized spacial score (nSPS) is 10.8. The van der Waals surface area contributed by atoms with E-state index < -0.39 is 0 Å². The Hall–Kier alpha value is -1.33. The maximum Gasteiger partial charge on any atom is 0.255 e. The predicted octanol–water partition coefficient (Wildman–Crippen LogP) is 4.14. The Morgan fingerprint density at radius 3 is 2.70 bits per heavy atom. The van der Waals surface area contributed by atoms with Gasteiger partial charge in [-0.25, -0.2) is 0 Å². The minimum Gasteiger partial charge on any atom is -0.398 e. The zero-order chi connectivity index (χ0) is 14.7. The number of amides is 1. The van der Waals surface area contributed by atoms with Gasteiger partial charge in [0.2, 0.25) is 0 Å². The molecule has 5 heteroatoms. The third-order valence-corrected chi connectivity index (χ3v) is 4.80. The maximum absolute atomic E-state index is 12.7. The van der Waals surface area contributed by atoms with Crippen molar-refractivity contribution in [3.05, 3.63) is 50.6 Å². The first-order valence-electron chi connectivity index (χ1n) is 6.38. The summed E-state index contributed by atoms with van der Waals surface area (Å²) in [6, 6.07) is 9.54. The van der Waals surface area contributed by atoms with Gasteiger partial charge in [-0.1, -0.05) is 12.1 Å². The molecular formula is C15H17BrN2OS. The molecule has 106 valence electrons. The van der Waals surface area contributed by atoms with Crippen molar-refractivity contribution in [3.8, 4) is 0 Å². The Morgan fingerprint density at radius 2 is 2.10 bits per heavy atom. The lowest BCUT2D eigenvalue weighted by Crippen LogP contribution is -2.36. The Kier molecular flexibility index (Phi) is 4.83. The van der Waals surface area contributed by atoms with Crippen molar-refractivity contribution in [1.29, 1.82) is 0 Å². The molecule has 0 radical (unpaired) electrons. The fourth-order valence-electron chi connectivity index (χ4n) is 1.93. The zero-order valence-corrected chi connectivity index (χ0v) is 13.9. The predicted molar refractivity (Wildman–Crippen MR) is 87.9 cm³/mol. The minimum absolute atomic E-state index is 0.00687. The summed E-state index contributed by atoms with van der Waals surface area (Å²) in [6.45, 7) is 4.66. The standard InChI is InChI=1S/C15H17BrN2OS/c1-10(2)18(9-11-5-4-8-20-11)15(19)12-6-3-7-13(17)14(12)16/h3-8,10H,9,17H2,1-2H3. The van der Waals surface area contributed by atoms with E-state index in [0.29, 0.717) is 22.3 Å². The van der Waals surface area contributed by atoms with Crippen LogP contribution in [0.4, 0.5) is 5.69 Å². The van der Waals surface area contributed by atoms with Crippen LogP contribution in [-0.2, 0) is 6.54 Å². The van der Waals surface area contributed by atoms with Crippen LogP contribution in [0, 0.1) is 0 Å². The number of halogens is 1.